The summed E-state index contributed by atoms with van der Waals surface area (Å²) in [5.74, 6) is 0.761. The zero-order valence-electron chi connectivity index (χ0n) is 13.4. The highest BCUT2D eigenvalue weighted by molar-refractivity contribution is 5.82. The van der Waals surface area contributed by atoms with E-state index in [0.29, 0.717) is 17.9 Å². The monoisotopic (exact) mass is 281 g/mol. The predicted molar refractivity (Wildman–Crippen MR) is 82.7 cm³/mol. The van der Waals surface area contributed by atoms with Crippen molar-refractivity contribution in [3.63, 3.8) is 0 Å². The Morgan fingerprint density at radius 1 is 1.10 bits per heavy atom. The van der Waals surface area contributed by atoms with Crippen molar-refractivity contribution in [3.8, 4) is 0 Å². The number of carbonyl (C=O) groups is 1. The van der Waals surface area contributed by atoms with Crippen molar-refractivity contribution in [3.05, 3.63) is 0 Å². The molecular formula is C16H31N3O. The third-order valence-corrected chi connectivity index (χ3v) is 4.81. The molecule has 116 valence electrons. The maximum Gasteiger partial charge on any atom is 0.240 e. The molecule has 1 N–H and O–H groups in total. The summed E-state index contributed by atoms with van der Waals surface area (Å²) in [6.07, 6.45) is 6.13. The Kier molecular flexibility index (Phi) is 5.85. The first-order chi connectivity index (χ1) is 9.63. The van der Waals surface area contributed by atoms with Crippen LogP contribution in [0, 0.1) is 5.92 Å². The summed E-state index contributed by atoms with van der Waals surface area (Å²) >= 11 is 0. The second-order valence-corrected chi connectivity index (χ2v) is 6.70. The predicted octanol–water partition coefficient (Wildman–Crippen LogP) is 1.71. The van der Waals surface area contributed by atoms with Crippen molar-refractivity contribution in [2.75, 3.05) is 33.2 Å². The van der Waals surface area contributed by atoms with Gasteiger partial charge in [-0.1, -0.05) is 20.3 Å². The van der Waals surface area contributed by atoms with E-state index in [0.717, 1.165) is 32.6 Å². The molecule has 0 aromatic rings. The highest BCUT2D eigenvalue weighted by Gasteiger charge is 2.34. The summed E-state index contributed by atoms with van der Waals surface area (Å²) in [7, 11) is 2.00. The van der Waals surface area contributed by atoms with Crippen LogP contribution >= 0.6 is 0 Å². The quantitative estimate of drug-likeness (QED) is 0.852. The lowest BCUT2D eigenvalue weighted by molar-refractivity contribution is -0.140. The van der Waals surface area contributed by atoms with Crippen LogP contribution in [-0.4, -0.2) is 61.0 Å². The zero-order valence-corrected chi connectivity index (χ0v) is 13.4. The lowest BCUT2D eigenvalue weighted by atomic mass is 9.96. The average Bonchev–Trinajstić information content (AvgIpc) is 2.48. The Bertz CT molecular complexity index is 313. The summed E-state index contributed by atoms with van der Waals surface area (Å²) < 4.78 is 0. The van der Waals surface area contributed by atoms with E-state index in [1.807, 2.05) is 7.05 Å². The molecule has 0 spiro atoms. The molecule has 2 aliphatic heterocycles. The Labute approximate surface area is 123 Å². The zero-order chi connectivity index (χ0) is 14.5. The maximum atomic E-state index is 13.0. The standard InChI is InChI=1S/C16H31N3O/c1-13(2)15(18-9-5-4-6-10-18)16(20)19-11-7-8-14(12-19)17-3/h13-15,17H,4-12H2,1-3H3. The molecule has 4 heteroatoms. The first-order valence-electron chi connectivity index (χ1n) is 8.33. The topological polar surface area (TPSA) is 35.6 Å². The average molecular weight is 281 g/mol. The number of likely N-dealkylation sites (tertiary alicyclic amines) is 2. The van der Waals surface area contributed by atoms with E-state index in [9.17, 15) is 4.79 Å². The molecular weight excluding hydrogens is 250 g/mol. The van der Waals surface area contributed by atoms with Gasteiger partial charge in [-0.15, -0.1) is 0 Å². The highest BCUT2D eigenvalue weighted by Crippen LogP contribution is 2.21. The van der Waals surface area contributed by atoms with E-state index in [1.54, 1.807) is 0 Å². The van der Waals surface area contributed by atoms with Crippen LogP contribution < -0.4 is 5.32 Å². The van der Waals surface area contributed by atoms with Gasteiger partial charge in [-0.05, 0) is 51.7 Å². The van der Waals surface area contributed by atoms with Gasteiger partial charge in [0.2, 0.25) is 5.91 Å². The van der Waals surface area contributed by atoms with Gasteiger partial charge in [-0.25, -0.2) is 0 Å². The van der Waals surface area contributed by atoms with Gasteiger partial charge in [-0.2, -0.15) is 0 Å². The second-order valence-electron chi connectivity index (χ2n) is 6.70. The Morgan fingerprint density at radius 3 is 2.40 bits per heavy atom. The van der Waals surface area contributed by atoms with Crippen molar-refractivity contribution >= 4 is 5.91 Å². The van der Waals surface area contributed by atoms with Gasteiger partial charge in [0.1, 0.15) is 0 Å². The summed E-state index contributed by atoms with van der Waals surface area (Å²) in [4.78, 5) is 17.5. The molecule has 0 bridgehead atoms. The summed E-state index contributed by atoms with van der Waals surface area (Å²) in [5.41, 5.74) is 0. The van der Waals surface area contributed by atoms with Gasteiger partial charge in [0.05, 0.1) is 6.04 Å². The van der Waals surface area contributed by atoms with Crippen molar-refractivity contribution in [2.24, 2.45) is 5.92 Å². The van der Waals surface area contributed by atoms with Crippen molar-refractivity contribution < 1.29 is 4.79 Å². The molecule has 0 aromatic heterocycles. The van der Waals surface area contributed by atoms with Crippen LogP contribution in [-0.2, 0) is 4.79 Å². The minimum atomic E-state index is 0.0888. The number of hydrogen-bond donors (Lipinski definition) is 1. The lowest BCUT2D eigenvalue weighted by Crippen LogP contribution is -2.56. The lowest BCUT2D eigenvalue weighted by Gasteiger charge is -2.41. The minimum absolute atomic E-state index is 0.0888. The molecule has 2 atom stereocenters. The molecule has 2 unspecified atom stereocenters. The number of nitrogens with one attached hydrogen (secondary N) is 1. The summed E-state index contributed by atoms with van der Waals surface area (Å²) in [6, 6.07) is 0.563. The van der Waals surface area contributed by atoms with E-state index < -0.39 is 0 Å². The fraction of sp³-hybridized carbons (Fsp3) is 0.938. The van der Waals surface area contributed by atoms with Crippen molar-refractivity contribution in [1.29, 1.82) is 0 Å². The maximum absolute atomic E-state index is 13.0. The minimum Gasteiger partial charge on any atom is -0.340 e. The van der Waals surface area contributed by atoms with Gasteiger partial charge in [0.25, 0.3) is 0 Å². The van der Waals surface area contributed by atoms with Crippen LogP contribution in [0.1, 0.15) is 46.0 Å². The smallest absolute Gasteiger partial charge is 0.240 e. The molecule has 0 saturated carbocycles. The van der Waals surface area contributed by atoms with Crippen molar-refractivity contribution in [1.82, 2.24) is 15.1 Å². The molecule has 4 nitrogen and oxygen atoms in total. The third kappa shape index (κ3) is 3.73. The molecule has 2 fully saturated rings. The van der Waals surface area contributed by atoms with Gasteiger partial charge >= 0.3 is 0 Å². The number of hydrogen-bond acceptors (Lipinski definition) is 3. The van der Waals surface area contributed by atoms with E-state index in [2.05, 4.69) is 29.0 Å². The Morgan fingerprint density at radius 2 is 1.80 bits per heavy atom. The van der Waals surface area contributed by atoms with Gasteiger partial charge in [0, 0.05) is 19.1 Å². The summed E-state index contributed by atoms with van der Waals surface area (Å²) in [6.45, 7) is 8.39. The highest BCUT2D eigenvalue weighted by atomic mass is 16.2. The molecule has 0 aromatic carbocycles. The largest absolute Gasteiger partial charge is 0.340 e. The molecule has 20 heavy (non-hydrogen) atoms. The van der Waals surface area contributed by atoms with Crippen LogP contribution in [0.25, 0.3) is 0 Å². The molecule has 2 saturated heterocycles. The van der Waals surface area contributed by atoms with Gasteiger partial charge in [0.15, 0.2) is 0 Å². The molecule has 1 amide bonds. The normalized spacial score (nSPS) is 26.8. The number of carbonyl (C=O) groups excluding carboxylic acids is 1. The van der Waals surface area contributed by atoms with Crippen molar-refractivity contribution in [2.45, 2.75) is 58.0 Å². The third-order valence-electron chi connectivity index (χ3n) is 4.81. The second kappa shape index (κ2) is 7.41. The summed E-state index contributed by atoms with van der Waals surface area (Å²) in [5, 5.41) is 3.33. The molecule has 0 aliphatic carbocycles. The van der Waals surface area contributed by atoms with Crippen LogP contribution in [0.3, 0.4) is 0 Å². The first-order valence-corrected chi connectivity index (χ1v) is 8.33. The Balaban J connectivity index is 2.02. The number of nitrogens with zero attached hydrogens (tertiary/aromatic N) is 2. The molecule has 0 radical (unpaired) electrons. The fourth-order valence-electron chi connectivity index (χ4n) is 3.66. The van der Waals surface area contributed by atoms with Gasteiger partial charge in [-0.3, -0.25) is 9.69 Å². The first kappa shape index (κ1) is 15.8. The number of piperidine rings is 2. The Hall–Kier alpha value is -0.610. The van der Waals surface area contributed by atoms with E-state index in [-0.39, 0.29) is 6.04 Å². The van der Waals surface area contributed by atoms with E-state index >= 15 is 0 Å². The van der Waals surface area contributed by atoms with Crippen LogP contribution in [0.2, 0.25) is 0 Å². The van der Waals surface area contributed by atoms with E-state index in [1.165, 1.54) is 25.7 Å². The molecule has 2 rings (SSSR count). The van der Waals surface area contributed by atoms with Crippen LogP contribution in [0.4, 0.5) is 0 Å². The molecule has 2 heterocycles. The van der Waals surface area contributed by atoms with Crippen LogP contribution in [0.5, 0.6) is 0 Å². The van der Waals surface area contributed by atoms with Gasteiger partial charge < -0.3 is 10.2 Å². The number of rotatable bonds is 4. The molecule has 2 aliphatic rings. The number of likely N-dealkylation sites (N-methyl/N-ethyl adjacent to an activating group) is 1. The van der Waals surface area contributed by atoms with E-state index in [4.69, 9.17) is 0 Å². The van der Waals surface area contributed by atoms with Crippen LogP contribution in [0.15, 0.2) is 0 Å². The number of amides is 1. The fourth-order valence-corrected chi connectivity index (χ4v) is 3.66. The SMILES string of the molecule is CNC1CCCN(C(=O)C(C(C)C)N2CCCCC2)C1.